The van der Waals surface area contributed by atoms with Crippen LogP contribution < -0.4 is 14.8 Å². The van der Waals surface area contributed by atoms with Gasteiger partial charge in [0.15, 0.2) is 0 Å². The highest BCUT2D eigenvalue weighted by atomic mass is 19.1. The molecule has 0 bridgehead atoms. The lowest BCUT2D eigenvalue weighted by molar-refractivity contribution is 0.0722. The number of carbonyl (C=O) groups is 1. The summed E-state index contributed by atoms with van der Waals surface area (Å²) in [7, 11) is 0. The molecule has 1 fully saturated rings. The third kappa shape index (κ3) is 6.34. The van der Waals surface area contributed by atoms with Crippen LogP contribution in [-0.4, -0.2) is 54.4 Å². The second-order valence-electron chi connectivity index (χ2n) is 8.17. The summed E-state index contributed by atoms with van der Waals surface area (Å²) in [5, 5.41) is 13.3. The summed E-state index contributed by atoms with van der Waals surface area (Å²) in [6.07, 6.45) is 2.91. The van der Waals surface area contributed by atoms with Crippen LogP contribution in [0.1, 0.15) is 22.3 Å². The lowest BCUT2D eigenvalue weighted by atomic mass is 10.2. The highest BCUT2D eigenvalue weighted by molar-refractivity contribution is 6.04. The number of aryl methyl sites for hydroxylation is 1. The Kier molecular flexibility index (Phi) is 7.26. The number of amides is 1. The molecule has 2 aromatic carbocycles. The minimum Gasteiger partial charge on any atom is -0.489 e. The van der Waals surface area contributed by atoms with Gasteiger partial charge in [0.2, 0.25) is 0 Å². The van der Waals surface area contributed by atoms with E-state index in [1.54, 1.807) is 24.3 Å². The van der Waals surface area contributed by atoms with Gasteiger partial charge < -0.3 is 24.3 Å². The molecule has 8 heteroatoms. The molecule has 1 amide bonds. The molecule has 1 saturated heterocycles. The fourth-order valence-corrected chi connectivity index (χ4v) is 3.74. The van der Waals surface area contributed by atoms with Crippen molar-refractivity contribution in [3.05, 3.63) is 78.0 Å². The molecule has 1 aromatic heterocycles. The maximum atomic E-state index is 13.0. The number of hydrogen-bond acceptors (Lipinski definition) is 6. The van der Waals surface area contributed by atoms with E-state index in [-0.39, 0.29) is 24.4 Å². The smallest absolute Gasteiger partial charge is 0.259 e. The van der Waals surface area contributed by atoms with Gasteiger partial charge in [0.05, 0.1) is 17.5 Å². The summed E-state index contributed by atoms with van der Waals surface area (Å²) >= 11 is 0. The van der Waals surface area contributed by atoms with Crippen molar-refractivity contribution in [2.45, 2.75) is 25.6 Å². The van der Waals surface area contributed by atoms with Crippen molar-refractivity contribution in [3.8, 4) is 11.5 Å². The number of likely N-dealkylation sites (tertiary alicyclic amines) is 1. The molecule has 1 aliphatic heterocycles. The van der Waals surface area contributed by atoms with Gasteiger partial charge in [-0.1, -0.05) is 6.07 Å². The van der Waals surface area contributed by atoms with Crippen molar-refractivity contribution in [2.24, 2.45) is 0 Å². The largest absolute Gasteiger partial charge is 0.489 e. The third-order valence-electron chi connectivity index (χ3n) is 5.41. The zero-order valence-electron chi connectivity index (χ0n) is 18.4. The van der Waals surface area contributed by atoms with E-state index in [0.717, 1.165) is 18.5 Å². The first-order chi connectivity index (χ1) is 16.0. The Morgan fingerprint density at radius 3 is 2.85 bits per heavy atom. The molecule has 33 heavy (non-hydrogen) atoms. The summed E-state index contributed by atoms with van der Waals surface area (Å²) < 4.78 is 29.8. The van der Waals surface area contributed by atoms with Crippen LogP contribution >= 0.6 is 0 Å². The highest BCUT2D eigenvalue weighted by Gasteiger charge is 2.26. The van der Waals surface area contributed by atoms with Gasteiger partial charge in [0, 0.05) is 19.6 Å². The molecule has 0 aliphatic carbocycles. The Balaban J connectivity index is 1.27. The quantitative estimate of drug-likeness (QED) is 0.511. The molecule has 1 aliphatic rings. The van der Waals surface area contributed by atoms with E-state index in [2.05, 4.69) is 10.2 Å². The first kappa shape index (κ1) is 22.8. The number of β-amino-alcohol motifs (C(OH)–C–C–N with tert-alkyl or cyclic N) is 1. The number of ether oxygens (including phenoxy) is 2. The van der Waals surface area contributed by atoms with Crippen LogP contribution in [0, 0.1) is 12.7 Å². The van der Waals surface area contributed by atoms with Crippen LogP contribution in [-0.2, 0) is 0 Å². The number of benzene rings is 2. The average molecular weight is 454 g/mol. The van der Waals surface area contributed by atoms with Crippen molar-refractivity contribution < 1.29 is 28.2 Å². The van der Waals surface area contributed by atoms with Gasteiger partial charge in [-0.05, 0) is 61.4 Å². The van der Waals surface area contributed by atoms with E-state index in [9.17, 15) is 14.3 Å². The number of aliphatic hydroxyl groups excluding tert-OH is 1. The minimum absolute atomic E-state index is 0.00918. The molecule has 4 rings (SSSR count). The second-order valence-corrected chi connectivity index (χ2v) is 8.17. The molecular weight excluding hydrogens is 427 g/mol. The fourth-order valence-electron chi connectivity index (χ4n) is 3.74. The van der Waals surface area contributed by atoms with Crippen molar-refractivity contribution in [3.63, 3.8) is 0 Å². The summed E-state index contributed by atoms with van der Waals surface area (Å²) in [4.78, 5) is 14.5. The van der Waals surface area contributed by atoms with Crippen LogP contribution in [0.15, 0.2) is 65.5 Å². The molecule has 0 saturated carbocycles. The van der Waals surface area contributed by atoms with Crippen LogP contribution in [0.25, 0.3) is 0 Å². The van der Waals surface area contributed by atoms with Crippen LogP contribution in [0.3, 0.4) is 0 Å². The molecule has 7 nitrogen and oxygen atoms in total. The number of carbonyl (C=O) groups excluding carboxylic acids is 1. The molecule has 2 unspecified atom stereocenters. The van der Waals surface area contributed by atoms with Crippen molar-refractivity contribution in [2.75, 3.05) is 31.6 Å². The van der Waals surface area contributed by atoms with E-state index in [0.29, 0.717) is 35.8 Å². The third-order valence-corrected chi connectivity index (χ3v) is 5.41. The van der Waals surface area contributed by atoms with E-state index in [4.69, 9.17) is 13.9 Å². The Hall–Kier alpha value is -3.36. The molecule has 174 valence electrons. The number of nitrogens with zero attached hydrogens (tertiary/aromatic N) is 1. The monoisotopic (exact) mass is 454 g/mol. The topological polar surface area (TPSA) is 84.2 Å². The van der Waals surface area contributed by atoms with E-state index in [1.165, 1.54) is 24.7 Å². The average Bonchev–Trinajstić information content (AvgIpc) is 3.48. The number of aliphatic hydroxyl groups is 1. The lowest BCUT2D eigenvalue weighted by Gasteiger charge is -2.21. The molecule has 2 heterocycles. The van der Waals surface area contributed by atoms with Gasteiger partial charge in [-0.2, -0.15) is 0 Å². The molecule has 3 aromatic rings. The van der Waals surface area contributed by atoms with Crippen molar-refractivity contribution in [1.29, 1.82) is 0 Å². The SMILES string of the molecule is Cc1ccc(NC(=O)c2ccoc2)c(OCC(O)CN2CCC(Oc3ccc(F)cc3)C2)c1. The highest BCUT2D eigenvalue weighted by Crippen LogP contribution is 2.27. The van der Waals surface area contributed by atoms with Crippen molar-refractivity contribution >= 4 is 11.6 Å². The standard InChI is InChI=1S/C25H27FN2O5/c1-17-2-7-23(27-25(30)18-9-11-31-15-18)24(12-17)32-16-20(29)13-28-10-8-22(14-28)33-21-5-3-19(26)4-6-21/h2-7,9,11-12,15,20,22,29H,8,10,13-14,16H2,1H3,(H,27,30). The minimum atomic E-state index is -0.715. The number of hydrogen-bond donors (Lipinski definition) is 2. The maximum Gasteiger partial charge on any atom is 0.259 e. The Morgan fingerprint density at radius 1 is 1.27 bits per heavy atom. The van der Waals surface area contributed by atoms with Crippen molar-refractivity contribution in [1.82, 2.24) is 4.90 Å². The Bertz CT molecular complexity index is 1060. The van der Waals surface area contributed by atoms with Crippen LogP contribution in [0.4, 0.5) is 10.1 Å². The zero-order chi connectivity index (χ0) is 23.2. The van der Waals surface area contributed by atoms with Gasteiger partial charge in [0.1, 0.15) is 42.4 Å². The second kappa shape index (κ2) is 10.5. The maximum absolute atomic E-state index is 13.0. The zero-order valence-corrected chi connectivity index (χ0v) is 18.4. The predicted octanol–water partition coefficient (Wildman–Crippen LogP) is 3.87. The molecule has 2 atom stereocenters. The summed E-state index contributed by atoms with van der Waals surface area (Å²) in [5.41, 5.74) is 1.90. The first-order valence-electron chi connectivity index (χ1n) is 10.9. The number of nitrogens with one attached hydrogen (secondary N) is 1. The van der Waals surface area contributed by atoms with Gasteiger partial charge in [-0.25, -0.2) is 4.39 Å². The Morgan fingerprint density at radius 2 is 2.09 bits per heavy atom. The molecule has 2 N–H and O–H groups in total. The normalized spacial score (nSPS) is 17.0. The summed E-state index contributed by atoms with van der Waals surface area (Å²) in [6.45, 7) is 3.91. The van der Waals surface area contributed by atoms with Crippen LogP contribution in [0.2, 0.25) is 0 Å². The van der Waals surface area contributed by atoms with Gasteiger partial charge in [0.25, 0.3) is 5.91 Å². The van der Waals surface area contributed by atoms with Gasteiger partial charge in [-0.3, -0.25) is 9.69 Å². The van der Waals surface area contributed by atoms with E-state index < -0.39 is 6.10 Å². The van der Waals surface area contributed by atoms with Gasteiger partial charge >= 0.3 is 0 Å². The van der Waals surface area contributed by atoms with E-state index in [1.807, 2.05) is 19.1 Å². The van der Waals surface area contributed by atoms with E-state index >= 15 is 0 Å². The number of furan rings is 1. The summed E-state index contributed by atoms with van der Waals surface area (Å²) in [5.74, 6) is 0.528. The molecular formula is C25H27FN2O5. The number of anilines is 1. The molecule has 0 radical (unpaired) electrons. The van der Waals surface area contributed by atoms with Crippen LogP contribution in [0.5, 0.6) is 11.5 Å². The summed E-state index contributed by atoms with van der Waals surface area (Å²) in [6, 6.07) is 13.0. The van der Waals surface area contributed by atoms with Gasteiger partial charge in [-0.15, -0.1) is 0 Å². The lowest BCUT2D eigenvalue weighted by Crippen LogP contribution is -2.35. The molecule has 0 spiro atoms. The number of halogens is 1. The predicted molar refractivity (Wildman–Crippen MR) is 121 cm³/mol. The Labute approximate surface area is 191 Å². The first-order valence-corrected chi connectivity index (χ1v) is 10.9. The number of rotatable bonds is 9. The fraction of sp³-hybridized carbons (Fsp3) is 0.320.